The van der Waals surface area contributed by atoms with Gasteiger partial charge in [-0.1, -0.05) is 23.2 Å². The van der Waals surface area contributed by atoms with Crippen molar-refractivity contribution in [1.82, 2.24) is 15.2 Å². The number of halogens is 2. The van der Waals surface area contributed by atoms with E-state index in [0.717, 1.165) is 22.0 Å². The maximum Gasteiger partial charge on any atom is 0.130 e. The Hall–Kier alpha value is -1.65. The molecule has 0 saturated carbocycles. The van der Waals surface area contributed by atoms with Gasteiger partial charge in [-0.3, -0.25) is 5.10 Å². The molecule has 0 atom stereocenters. The Bertz CT molecular complexity index is 719. The number of nitrogens with one attached hydrogen (secondary N) is 2. The van der Waals surface area contributed by atoms with E-state index in [2.05, 4.69) is 15.2 Å². The summed E-state index contributed by atoms with van der Waals surface area (Å²) in [4.78, 5) is 3.15. The van der Waals surface area contributed by atoms with Crippen LogP contribution >= 0.6 is 23.2 Å². The second kappa shape index (κ2) is 4.79. The molecule has 0 saturated heterocycles. The van der Waals surface area contributed by atoms with Gasteiger partial charge in [0.25, 0.3) is 0 Å². The molecule has 0 bridgehead atoms. The summed E-state index contributed by atoms with van der Waals surface area (Å²) in [7, 11) is 0. The number of hydrogen-bond donors (Lipinski definition) is 2. The molecule has 0 aliphatic heterocycles. The third-order valence-electron chi connectivity index (χ3n) is 2.92. The van der Waals surface area contributed by atoms with Crippen LogP contribution in [0, 0.1) is 0 Å². The van der Waals surface area contributed by atoms with E-state index < -0.39 is 0 Å². The predicted molar refractivity (Wildman–Crippen MR) is 77.1 cm³/mol. The van der Waals surface area contributed by atoms with E-state index in [1.807, 2.05) is 19.3 Å². The van der Waals surface area contributed by atoms with Crippen molar-refractivity contribution in [3.63, 3.8) is 0 Å². The SMILES string of the molecule is CCOc1cc(Cl)c(Cl)c2[nH]cc(-c3cn[nH]c3)c12. The smallest absolute Gasteiger partial charge is 0.130 e. The summed E-state index contributed by atoms with van der Waals surface area (Å²) in [6.45, 7) is 2.49. The molecule has 0 amide bonds. The highest BCUT2D eigenvalue weighted by molar-refractivity contribution is 6.45. The first-order valence-corrected chi connectivity index (χ1v) is 6.59. The van der Waals surface area contributed by atoms with Crippen molar-refractivity contribution in [2.24, 2.45) is 0 Å². The number of H-pyrrole nitrogens is 2. The van der Waals surface area contributed by atoms with Crippen LogP contribution < -0.4 is 4.74 Å². The van der Waals surface area contributed by atoms with Crippen LogP contribution in [0.25, 0.3) is 22.0 Å². The van der Waals surface area contributed by atoms with Gasteiger partial charge in [-0.15, -0.1) is 0 Å². The van der Waals surface area contributed by atoms with Crippen LogP contribution in [0.1, 0.15) is 6.92 Å². The molecule has 0 aliphatic rings. The minimum atomic E-state index is 0.471. The third-order valence-corrected chi connectivity index (χ3v) is 3.71. The van der Waals surface area contributed by atoms with E-state index in [1.54, 1.807) is 12.3 Å². The fourth-order valence-electron chi connectivity index (χ4n) is 2.12. The lowest BCUT2D eigenvalue weighted by atomic mass is 10.1. The molecule has 4 nitrogen and oxygen atoms in total. The van der Waals surface area contributed by atoms with Gasteiger partial charge >= 0.3 is 0 Å². The van der Waals surface area contributed by atoms with Crippen LogP contribution in [0.3, 0.4) is 0 Å². The molecule has 2 aromatic heterocycles. The van der Waals surface area contributed by atoms with E-state index in [0.29, 0.717) is 22.4 Å². The minimum absolute atomic E-state index is 0.471. The predicted octanol–water partition coefficient (Wildman–Crippen LogP) is 4.26. The van der Waals surface area contributed by atoms with Crippen LogP contribution in [-0.4, -0.2) is 21.8 Å². The number of ether oxygens (including phenoxy) is 1. The number of benzene rings is 1. The lowest BCUT2D eigenvalue weighted by Gasteiger charge is -2.08. The molecule has 0 fully saturated rings. The Balaban J connectivity index is 2.34. The van der Waals surface area contributed by atoms with Crippen LogP contribution in [0.15, 0.2) is 24.7 Å². The molecule has 0 spiro atoms. The summed E-state index contributed by atoms with van der Waals surface area (Å²) in [6, 6.07) is 1.74. The summed E-state index contributed by atoms with van der Waals surface area (Å²) in [5.74, 6) is 0.712. The Morgan fingerprint density at radius 3 is 2.84 bits per heavy atom. The van der Waals surface area contributed by atoms with Crippen LogP contribution in [0.5, 0.6) is 5.75 Å². The maximum absolute atomic E-state index is 6.23. The Morgan fingerprint density at radius 1 is 1.32 bits per heavy atom. The molecule has 0 aliphatic carbocycles. The fraction of sp³-hybridized carbons (Fsp3) is 0.154. The highest BCUT2D eigenvalue weighted by Gasteiger charge is 2.17. The first-order chi connectivity index (χ1) is 9.22. The standard InChI is InChI=1S/C13H11Cl2N3O/c1-2-19-10-3-9(14)12(15)13-11(10)8(6-16-13)7-4-17-18-5-7/h3-6,16H,2H2,1H3,(H,17,18). The quantitative estimate of drug-likeness (QED) is 0.758. The Morgan fingerprint density at radius 2 is 2.16 bits per heavy atom. The number of hydrogen-bond acceptors (Lipinski definition) is 2. The van der Waals surface area contributed by atoms with Crippen LogP contribution in [0.4, 0.5) is 0 Å². The summed E-state index contributed by atoms with van der Waals surface area (Å²) in [6.07, 6.45) is 5.45. The second-order valence-electron chi connectivity index (χ2n) is 4.04. The molecular weight excluding hydrogens is 285 g/mol. The molecule has 2 heterocycles. The molecule has 6 heteroatoms. The number of aromatic amines is 2. The van der Waals surface area contributed by atoms with Crippen molar-refractivity contribution in [2.45, 2.75) is 6.92 Å². The number of rotatable bonds is 3. The fourth-order valence-corrected chi connectivity index (χ4v) is 2.51. The van der Waals surface area contributed by atoms with Gasteiger partial charge in [0.2, 0.25) is 0 Å². The third kappa shape index (κ3) is 1.97. The second-order valence-corrected chi connectivity index (χ2v) is 4.83. The van der Waals surface area contributed by atoms with Crippen molar-refractivity contribution in [3.8, 4) is 16.9 Å². The average molecular weight is 296 g/mol. The van der Waals surface area contributed by atoms with Crippen LogP contribution in [-0.2, 0) is 0 Å². The van der Waals surface area contributed by atoms with Crippen LogP contribution in [0.2, 0.25) is 10.0 Å². The van der Waals surface area contributed by atoms with Gasteiger partial charge in [-0.25, -0.2) is 0 Å². The lowest BCUT2D eigenvalue weighted by Crippen LogP contribution is -1.93. The zero-order chi connectivity index (χ0) is 13.4. The monoisotopic (exact) mass is 295 g/mol. The zero-order valence-corrected chi connectivity index (χ0v) is 11.6. The number of fused-ring (bicyclic) bond motifs is 1. The molecule has 19 heavy (non-hydrogen) atoms. The normalized spacial score (nSPS) is 11.1. The molecule has 2 N–H and O–H groups in total. The topological polar surface area (TPSA) is 53.7 Å². The van der Waals surface area contributed by atoms with E-state index in [9.17, 15) is 0 Å². The number of aromatic nitrogens is 3. The molecule has 1 aromatic carbocycles. The zero-order valence-electron chi connectivity index (χ0n) is 10.1. The summed E-state index contributed by atoms with van der Waals surface area (Å²) >= 11 is 12.3. The molecule has 3 aromatic rings. The molecule has 0 unspecified atom stereocenters. The van der Waals surface area contributed by atoms with Gasteiger partial charge in [0.1, 0.15) is 5.75 Å². The van der Waals surface area contributed by atoms with Gasteiger partial charge < -0.3 is 9.72 Å². The largest absolute Gasteiger partial charge is 0.493 e. The van der Waals surface area contributed by atoms with Crippen molar-refractivity contribution < 1.29 is 4.74 Å². The Labute approximate surface area is 119 Å². The van der Waals surface area contributed by atoms with E-state index in [4.69, 9.17) is 27.9 Å². The van der Waals surface area contributed by atoms with Gasteiger partial charge in [-0.2, -0.15) is 5.10 Å². The van der Waals surface area contributed by atoms with Crippen molar-refractivity contribution in [1.29, 1.82) is 0 Å². The van der Waals surface area contributed by atoms with Gasteiger partial charge in [0.15, 0.2) is 0 Å². The average Bonchev–Trinajstić information content (AvgIpc) is 3.04. The van der Waals surface area contributed by atoms with Crippen molar-refractivity contribution in [3.05, 3.63) is 34.7 Å². The molecule has 98 valence electrons. The molecular formula is C13H11Cl2N3O. The van der Waals surface area contributed by atoms with Crippen molar-refractivity contribution >= 4 is 34.1 Å². The van der Waals surface area contributed by atoms with E-state index >= 15 is 0 Å². The van der Waals surface area contributed by atoms with Gasteiger partial charge in [0, 0.05) is 29.6 Å². The van der Waals surface area contributed by atoms with Gasteiger partial charge in [-0.05, 0) is 6.92 Å². The van der Waals surface area contributed by atoms with E-state index in [-0.39, 0.29) is 0 Å². The highest BCUT2D eigenvalue weighted by Crippen LogP contribution is 2.42. The summed E-state index contributed by atoms with van der Waals surface area (Å²) in [5, 5.41) is 8.64. The highest BCUT2D eigenvalue weighted by atomic mass is 35.5. The summed E-state index contributed by atoms with van der Waals surface area (Å²) < 4.78 is 5.66. The maximum atomic E-state index is 6.23. The number of nitrogens with zero attached hydrogens (tertiary/aromatic N) is 1. The van der Waals surface area contributed by atoms with Gasteiger partial charge in [0.05, 0.1) is 33.8 Å². The minimum Gasteiger partial charge on any atom is -0.493 e. The molecule has 0 radical (unpaired) electrons. The van der Waals surface area contributed by atoms with E-state index in [1.165, 1.54) is 0 Å². The Kier molecular flexibility index (Phi) is 3.12. The van der Waals surface area contributed by atoms with Crippen molar-refractivity contribution in [2.75, 3.05) is 6.61 Å². The first-order valence-electron chi connectivity index (χ1n) is 5.83. The first kappa shape index (κ1) is 12.4. The summed E-state index contributed by atoms with van der Waals surface area (Å²) in [5.41, 5.74) is 2.71. The lowest BCUT2D eigenvalue weighted by molar-refractivity contribution is 0.344. The molecule has 3 rings (SSSR count).